The number of hydrogen-bond acceptors (Lipinski definition) is 0. The minimum absolute atomic E-state index is 0. The van der Waals surface area contributed by atoms with Gasteiger partial charge in [0.2, 0.25) is 0 Å². The van der Waals surface area contributed by atoms with E-state index in [-0.39, 0.29) is 63.8 Å². The van der Waals surface area contributed by atoms with Gasteiger partial charge in [0.1, 0.15) is 0 Å². The van der Waals surface area contributed by atoms with Crippen molar-refractivity contribution >= 4 is 31.7 Å². The zero-order valence-corrected chi connectivity index (χ0v) is 42.8. The minimum Gasteiger partial charge on any atom is -0.358 e. The summed E-state index contributed by atoms with van der Waals surface area (Å²) in [5.41, 5.74) is 13.6. The summed E-state index contributed by atoms with van der Waals surface area (Å²) in [5.74, 6) is 0. The third-order valence-corrected chi connectivity index (χ3v) is 29.9. The Balaban J connectivity index is 0. The fourth-order valence-corrected chi connectivity index (χ4v) is 28.5. The van der Waals surface area contributed by atoms with Crippen LogP contribution in [0.4, 0.5) is 0 Å². The second kappa shape index (κ2) is 28.3. The summed E-state index contributed by atoms with van der Waals surface area (Å²) in [6, 6.07) is 0. The molecule has 8 rings (SSSR count). The maximum atomic E-state index is 2.51. The average Bonchev–Trinajstić information content (AvgIpc) is 3.84. The van der Waals surface area contributed by atoms with E-state index in [0.29, 0.717) is 31.7 Å². The molecule has 8 fully saturated rings. The van der Waals surface area contributed by atoms with Gasteiger partial charge in [0.25, 0.3) is 0 Å². The molecule has 0 spiro atoms. The van der Waals surface area contributed by atoms with Crippen LogP contribution >= 0.6 is 31.7 Å². The first-order valence-corrected chi connectivity index (χ1v) is 27.4. The molecule has 52 heavy (non-hydrogen) atoms. The van der Waals surface area contributed by atoms with Crippen LogP contribution in [0.25, 0.3) is 0 Å². The number of hydrogen-bond donors (Lipinski definition) is 0. The Morgan fingerprint density at radius 2 is 0.404 bits per heavy atom. The van der Waals surface area contributed by atoms with Crippen molar-refractivity contribution in [2.75, 3.05) is 0 Å². The van der Waals surface area contributed by atoms with Gasteiger partial charge >= 0.3 is 34.1 Å². The summed E-state index contributed by atoms with van der Waals surface area (Å²) >= 11 is 0. The van der Waals surface area contributed by atoms with Crippen LogP contribution in [0, 0.1) is 29.7 Å². The van der Waals surface area contributed by atoms with Crippen molar-refractivity contribution in [1.29, 1.82) is 0 Å². The van der Waals surface area contributed by atoms with E-state index in [9.17, 15) is 0 Å². The van der Waals surface area contributed by atoms with Crippen molar-refractivity contribution in [3.05, 3.63) is 29.7 Å². The minimum atomic E-state index is 0. The Kier molecular flexibility index (Phi) is 30.9. The molecular weight excluding hydrogens is 788 g/mol. The molecule has 4 saturated heterocycles. The fourth-order valence-electron chi connectivity index (χ4n) is 12.2. The Morgan fingerprint density at radius 1 is 0.250 bits per heavy atom. The summed E-state index contributed by atoms with van der Waals surface area (Å²) in [6.07, 6.45) is 34.0. The molecule has 0 unspecified atom stereocenters. The Labute approximate surface area is 357 Å². The Morgan fingerprint density at radius 3 is 0.558 bits per heavy atom. The van der Waals surface area contributed by atoms with Crippen LogP contribution in [0.5, 0.6) is 0 Å². The first-order valence-electron chi connectivity index (χ1n) is 21.2. The van der Waals surface area contributed by atoms with Crippen LogP contribution in [0.1, 0.15) is 197 Å². The average molecular weight is 881 g/mol. The van der Waals surface area contributed by atoms with E-state index in [0.717, 1.165) is 45.3 Å². The van der Waals surface area contributed by atoms with Gasteiger partial charge in [-0.1, -0.05) is 138 Å². The SMILES string of the molecule is C[C@H]1CC[C@H](C)P1C1CCCC1.C[C@H]1CC[C@H](C)P1C1CCCC1.C[C@H]1C[C@H](C)P1C1CCCC1.C[C@H]1C[C@H](C)P1C1CCCC1.[CH3-].[CH3-].[CH3-].[CH3-].[Fe+2].[Fe+2]. The monoisotopic (exact) mass is 880 g/mol. The summed E-state index contributed by atoms with van der Waals surface area (Å²) < 4.78 is 0. The molecule has 312 valence electrons. The van der Waals surface area contributed by atoms with E-state index in [1.807, 2.05) is 0 Å². The van der Waals surface area contributed by atoms with Crippen molar-refractivity contribution in [2.45, 2.75) is 265 Å². The first kappa shape index (κ1) is 56.9. The molecule has 4 aliphatic heterocycles. The van der Waals surface area contributed by atoms with Crippen LogP contribution in [0.2, 0.25) is 0 Å². The van der Waals surface area contributed by atoms with Crippen molar-refractivity contribution in [3.63, 3.8) is 0 Å². The molecule has 0 aromatic carbocycles. The van der Waals surface area contributed by atoms with Gasteiger partial charge in [-0.2, -0.15) is 0 Å². The smallest absolute Gasteiger partial charge is 0.358 e. The Bertz CT molecular complexity index is 760. The summed E-state index contributed by atoms with van der Waals surface area (Å²) in [5, 5.41) is 0. The molecule has 0 radical (unpaired) electrons. The van der Waals surface area contributed by atoms with Crippen molar-refractivity contribution in [1.82, 2.24) is 0 Å². The molecule has 0 amide bonds. The summed E-state index contributed by atoms with van der Waals surface area (Å²) in [6.45, 7) is 19.9. The maximum Gasteiger partial charge on any atom is 2.00 e. The zero-order chi connectivity index (χ0) is 32.8. The quantitative estimate of drug-likeness (QED) is 0.150. The molecule has 6 heteroatoms. The maximum absolute atomic E-state index is 2.51. The Hall–Kier alpha value is 2.76. The predicted molar refractivity (Wildman–Crippen MR) is 246 cm³/mol. The third-order valence-electron chi connectivity index (χ3n) is 14.4. The van der Waals surface area contributed by atoms with Crippen LogP contribution in [0.15, 0.2) is 0 Å². The van der Waals surface area contributed by atoms with E-state index >= 15 is 0 Å². The molecule has 8 atom stereocenters. The van der Waals surface area contributed by atoms with Gasteiger partial charge in [-0.25, -0.2) is 0 Å². The molecule has 8 aliphatic rings. The van der Waals surface area contributed by atoms with Crippen molar-refractivity contribution < 1.29 is 34.1 Å². The van der Waals surface area contributed by atoms with E-state index in [4.69, 9.17) is 0 Å². The van der Waals surface area contributed by atoms with Crippen LogP contribution in [0.3, 0.4) is 0 Å². The molecule has 0 aromatic rings. The molecule has 0 bridgehead atoms. The normalized spacial score (nSPS) is 35.5. The van der Waals surface area contributed by atoms with Gasteiger partial charge in [0.05, 0.1) is 0 Å². The molecule has 0 aromatic heterocycles. The van der Waals surface area contributed by atoms with E-state index in [2.05, 4.69) is 55.4 Å². The van der Waals surface area contributed by atoms with Crippen molar-refractivity contribution in [3.8, 4) is 0 Å². The first-order chi connectivity index (χ1) is 22.2. The summed E-state index contributed by atoms with van der Waals surface area (Å²) in [4.78, 5) is 0. The molecule has 0 nitrogen and oxygen atoms in total. The van der Waals surface area contributed by atoms with Crippen LogP contribution in [-0.2, 0) is 34.1 Å². The van der Waals surface area contributed by atoms with Crippen LogP contribution < -0.4 is 0 Å². The van der Waals surface area contributed by atoms with E-state index in [1.165, 1.54) is 113 Å². The third kappa shape index (κ3) is 15.1. The predicted octanol–water partition coefficient (Wildman–Crippen LogP) is 16.9. The van der Waals surface area contributed by atoms with Gasteiger partial charge in [-0.05, 0) is 158 Å². The zero-order valence-electron chi connectivity index (χ0n) is 37.0. The largest absolute Gasteiger partial charge is 2.00 e. The van der Waals surface area contributed by atoms with Gasteiger partial charge in [0, 0.05) is 0 Å². The van der Waals surface area contributed by atoms with Crippen molar-refractivity contribution in [2.24, 2.45) is 0 Å². The number of rotatable bonds is 4. The van der Waals surface area contributed by atoms with E-state index < -0.39 is 0 Å². The summed E-state index contributed by atoms with van der Waals surface area (Å²) in [7, 11) is 1.82. The standard InChI is InChI=1S/2C11H21P.2C10H19P.4CH3.2Fe/c2*1-9-7-8-10(2)12(9)11-5-3-4-6-11;2*1-8-7-9(2)11(8)10-5-3-4-6-10;;;;;;/h2*9-11H,3-8H2,1-2H3;2*8-10H,3-7H2,1-2H3;4*1H3;;/q;;;;4*-1;2*+2/t2*9-,10-;2*8-,9-;;;;;;/m0000....../s1. The van der Waals surface area contributed by atoms with Gasteiger partial charge in [-0.3, -0.25) is 0 Å². The molecule has 0 N–H and O–H groups in total. The van der Waals surface area contributed by atoms with Gasteiger partial charge in [-0.15, -0.1) is 0 Å². The molecule has 4 aliphatic carbocycles. The topological polar surface area (TPSA) is 0 Å². The fraction of sp³-hybridized carbons (Fsp3) is 0.913. The van der Waals surface area contributed by atoms with Crippen LogP contribution in [-0.4, -0.2) is 67.9 Å². The second-order valence-corrected chi connectivity index (χ2v) is 31.5. The second-order valence-electron chi connectivity index (χ2n) is 18.0. The van der Waals surface area contributed by atoms with E-state index in [1.54, 1.807) is 51.4 Å². The molecular formula is C46H92Fe2P4. The van der Waals surface area contributed by atoms with Gasteiger partial charge in [0.15, 0.2) is 0 Å². The molecule has 4 saturated carbocycles. The van der Waals surface area contributed by atoms with Gasteiger partial charge < -0.3 is 29.7 Å². The molecule has 4 heterocycles.